The molecule has 0 spiro atoms. The van der Waals surface area contributed by atoms with Gasteiger partial charge in [0.15, 0.2) is 5.82 Å². The molecule has 2 aliphatic rings. The molecule has 2 aromatic carbocycles. The lowest BCUT2D eigenvalue weighted by Gasteiger charge is -2.30. The number of likely N-dealkylation sites (tertiary alicyclic amines) is 1. The Hall–Kier alpha value is -2.66. The first kappa shape index (κ1) is 18.4. The van der Waals surface area contributed by atoms with Crippen LogP contribution in [0.3, 0.4) is 0 Å². The number of anilines is 1. The standard InChI is InChI=1S/C24H28N4O/c1-15-8-11-19(21(29)13-15)23-22-18(16-9-10-16)6-3-7-20(22)24(27-26-23)25-17-5-4-12-28(2)14-17/h3,6-8,11,13,16-17,29H,4-5,9-10,12,14H2,1-2H3,(H,25,27)/t17-/m1/s1. The molecule has 2 fully saturated rings. The van der Waals surface area contributed by atoms with Crippen LogP contribution in [-0.4, -0.2) is 46.4 Å². The van der Waals surface area contributed by atoms with Crippen molar-refractivity contribution in [2.24, 2.45) is 0 Å². The Morgan fingerprint density at radius 2 is 1.97 bits per heavy atom. The smallest absolute Gasteiger partial charge is 0.156 e. The molecule has 150 valence electrons. The van der Waals surface area contributed by atoms with Crippen LogP contribution in [0.4, 0.5) is 5.82 Å². The van der Waals surface area contributed by atoms with E-state index in [0.29, 0.717) is 12.0 Å². The average molecular weight is 389 g/mol. The number of fused-ring (bicyclic) bond motifs is 1. The Labute approximate surface area is 171 Å². The lowest BCUT2D eigenvalue weighted by molar-refractivity contribution is 0.261. The number of rotatable bonds is 4. The number of likely N-dealkylation sites (N-methyl/N-ethyl adjacent to an activating group) is 1. The van der Waals surface area contributed by atoms with Crippen LogP contribution in [-0.2, 0) is 0 Å². The molecule has 1 aliphatic heterocycles. The molecule has 3 aromatic rings. The minimum atomic E-state index is 0.265. The van der Waals surface area contributed by atoms with E-state index in [4.69, 9.17) is 0 Å². The van der Waals surface area contributed by atoms with Crippen LogP contribution in [0.1, 0.15) is 42.7 Å². The molecule has 1 atom stereocenters. The van der Waals surface area contributed by atoms with Crippen molar-refractivity contribution in [3.05, 3.63) is 47.5 Å². The van der Waals surface area contributed by atoms with Crippen LogP contribution in [0.25, 0.3) is 22.0 Å². The molecule has 1 saturated carbocycles. The molecule has 1 aliphatic carbocycles. The Bertz CT molecular complexity index is 1060. The number of phenolic OH excluding ortho intramolecular Hbond substituents is 1. The molecule has 0 amide bonds. The van der Waals surface area contributed by atoms with Gasteiger partial charge in [-0.1, -0.05) is 24.3 Å². The van der Waals surface area contributed by atoms with E-state index in [9.17, 15) is 5.11 Å². The second-order valence-corrected chi connectivity index (χ2v) is 8.71. The Morgan fingerprint density at radius 3 is 2.72 bits per heavy atom. The van der Waals surface area contributed by atoms with Crippen molar-refractivity contribution >= 4 is 16.6 Å². The van der Waals surface area contributed by atoms with Crippen molar-refractivity contribution < 1.29 is 5.11 Å². The van der Waals surface area contributed by atoms with Gasteiger partial charge >= 0.3 is 0 Å². The zero-order valence-corrected chi connectivity index (χ0v) is 17.2. The first-order chi connectivity index (χ1) is 14.1. The number of phenols is 1. The van der Waals surface area contributed by atoms with Gasteiger partial charge in [-0.05, 0) is 75.4 Å². The van der Waals surface area contributed by atoms with Gasteiger partial charge in [0.25, 0.3) is 0 Å². The van der Waals surface area contributed by atoms with Gasteiger partial charge in [-0.15, -0.1) is 10.2 Å². The highest BCUT2D eigenvalue weighted by atomic mass is 16.3. The van der Waals surface area contributed by atoms with E-state index in [1.165, 1.54) is 24.8 Å². The van der Waals surface area contributed by atoms with Gasteiger partial charge in [-0.3, -0.25) is 0 Å². The van der Waals surface area contributed by atoms with Gasteiger partial charge in [-0.25, -0.2) is 0 Å². The SMILES string of the molecule is Cc1ccc(-c2nnc(N[C@@H]3CCCN(C)C3)c3cccc(C4CC4)c23)c(O)c1. The molecule has 5 nitrogen and oxygen atoms in total. The second kappa shape index (κ2) is 7.30. The number of aromatic nitrogens is 2. The monoisotopic (exact) mass is 388 g/mol. The number of aromatic hydroxyl groups is 1. The Kier molecular flexibility index (Phi) is 4.63. The molecule has 0 bridgehead atoms. The number of aryl methyl sites for hydroxylation is 1. The molecule has 2 heterocycles. The quantitative estimate of drug-likeness (QED) is 0.679. The summed E-state index contributed by atoms with van der Waals surface area (Å²) in [7, 11) is 2.17. The van der Waals surface area contributed by atoms with Crippen molar-refractivity contribution in [3.8, 4) is 17.0 Å². The third-order valence-corrected chi connectivity index (χ3v) is 6.23. The molecule has 2 N–H and O–H groups in total. The zero-order valence-electron chi connectivity index (χ0n) is 17.2. The van der Waals surface area contributed by atoms with Crippen molar-refractivity contribution in [2.45, 2.75) is 44.6 Å². The summed E-state index contributed by atoms with van der Waals surface area (Å²) in [6.45, 7) is 4.16. The molecular formula is C24H28N4O. The van der Waals surface area contributed by atoms with Gasteiger partial charge in [-0.2, -0.15) is 0 Å². The summed E-state index contributed by atoms with van der Waals surface area (Å²) >= 11 is 0. The van der Waals surface area contributed by atoms with Crippen LogP contribution in [0.15, 0.2) is 36.4 Å². The zero-order chi connectivity index (χ0) is 20.0. The Morgan fingerprint density at radius 1 is 1.10 bits per heavy atom. The third-order valence-electron chi connectivity index (χ3n) is 6.23. The molecular weight excluding hydrogens is 360 g/mol. The van der Waals surface area contributed by atoms with Crippen molar-refractivity contribution in [3.63, 3.8) is 0 Å². The fourth-order valence-corrected chi connectivity index (χ4v) is 4.58. The predicted molar refractivity (Wildman–Crippen MR) is 117 cm³/mol. The van der Waals surface area contributed by atoms with Crippen LogP contribution < -0.4 is 5.32 Å². The van der Waals surface area contributed by atoms with Crippen LogP contribution >= 0.6 is 0 Å². The van der Waals surface area contributed by atoms with Gasteiger partial charge < -0.3 is 15.3 Å². The number of nitrogens with zero attached hydrogens (tertiary/aromatic N) is 3. The highest BCUT2D eigenvalue weighted by Gasteiger charge is 2.28. The van der Waals surface area contributed by atoms with Gasteiger partial charge in [0, 0.05) is 28.9 Å². The highest BCUT2D eigenvalue weighted by molar-refractivity contribution is 6.03. The van der Waals surface area contributed by atoms with Crippen molar-refractivity contribution in [2.75, 3.05) is 25.5 Å². The summed E-state index contributed by atoms with van der Waals surface area (Å²) in [5, 5.41) is 25.8. The van der Waals surface area contributed by atoms with E-state index in [0.717, 1.165) is 52.9 Å². The Balaban J connectivity index is 1.65. The van der Waals surface area contributed by atoms with E-state index in [-0.39, 0.29) is 5.75 Å². The second-order valence-electron chi connectivity index (χ2n) is 8.71. The van der Waals surface area contributed by atoms with E-state index in [1.54, 1.807) is 6.07 Å². The maximum atomic E-state index is 10.6. The molecule has 29 heavy (non-hydrogen) atoms. The van der Waals surface area contributed by atoms with Crippen LogP contribution in [0.2, 0.25) is 0 Å². The summed E-state index contributed by atoms with van der Waals surface area (Å²) in [4.78, 5) is 2.37. The van der Waals surface area contributed by atoms with E-state index >= 15 is 0 Å². The molecule has 0 radical (unpaired) electrons. The topological polar surface area (TPSA) is 61.3 Å². The normalized spacial score (nSPS) is 20.1. The lowest BCUT2D eigenvalue weighted by Crippen LogP contribution is -2.40. The summed E-state index contributed by atoms with van der Waals surface area (Å²) in [5.74, 6) is 1.71. The summed E-state index contributed by atoms with van der Waals surface area (Å²) < 4.78 is 0. The van der Waals surface area contributed by atoms with Crippen molar-refractivity contribution in [1.82, 2.24) is 15.1 Å². The van der Waals surface area contributed by atoms with Gasteiger partial charge in [0.2, 0.25) is 0 Å². The van der Waals surface area contributed by atoms with E-state index in [2.05, 4.69) is 45.7 Å². The molecule has 0 unspecified atom stereocenters. The third kappa shape index (κ3) is 3.55. The molecule has 1 saturated heterocycles. The summed E-state index contributed by atoms with van der Waals surface area (Å²) in [6, 6.07) is 12.7. The van der Waals surface area contributed by atoms with Gasteiger partial charge in [0.1, 0.15) is 11.4 Å². The maximum Gasteiger partial charge on any atom is 0.156 e. The largest absolute Gasteiger partial charge is 0.507 e. The first-order valence-electron chi connectivity index (χ1n) is 10.6. The number of nitrogens with one attached hydrogen (secondary N) is 1. The van der Waals surface area contributed by atoms with Crippen LogP contribution in [0.5, 0.6) is 5.75 Å². The minimum Gasteiger partial charge on any atom is -0.507 e. The highest BCUT2D eigenvalue weighted by Crippen LogP contribution is 2.46. The molecule has 5 heteroatoms. The first-order valence-corrected chi connectivity index (χ1v) is 10.6. The van der Waals surface area contributed by atoms with Gasteiger partial charge in [0.05, 0.1) is 0 Å². The summed E-state index contributed by atoms with van der Waals surface area (Å²) in [6.07, 6.45) is 4.78. The van der Waals surface area contributed by atoms with E-state index < -0.39 is 0 Å². The number of benzene rings is 2. The number of piperidine rings is 1. The minimum absolute atomic E-state index is 0.265. The molecule has 5 rings (SSSR count). The summed E-state index contributed by atoms with van der Waals surface area (Å²) in [5.41, 5.74) is 3.90. The van der Waals surface area contributed by atoms with Crippen LogP contribution in [0, 0.1) is 6.92 Å². The average Bonchev–Trinajstić information content (AvgIpc) is 3.54. The van der Waals surface area contributed by atoms with Crippen molar-refractivity contribution in [1.29, 1.82) is 0 Å². The fraction of sp³-hybridized carbons (Fsp3) is 0.417. The predicted octanol–water partition coefficient (Wildman–Crippen LogP) is 4.69. The fourth-order valence-electron chi connectivity index (χ4n) is 4.58. The molecule has 1 aromatic heterocycles. The number of hydrogen-bond donors (Lipinski definition) is 2. The lowest BCUT2D eigenvalue weighted by atomic mass is 9.96. The maximum absolute atomic E-state index is 10.6. The number of hydrogen-bond acceptors (Lipinski definition) is 5. The van der Waals surface area contributed by atoms with E-state index in [1.807, 2.05) is 19.1 Å².